The molecule has 5 nitrogen and oxygen atoms in total. The highest BCUT2D eigenvalue weighted by atomic mass is 32.2. The Hall–Kier alpha value is -0.750. The molecule has 104 valence electrons. The van der Waals surface area contributed by atoms with E-state index in [9.17, 15) is 9.59 Å². The lowest BCUT2D eigenvalue weighted by molar-refractivity contribution is -0.133. The number of rotatable bonds is 7. The topological polar surface area (TPSA) is 66.8 Å². The molecule has 1 aliphatic heterocycles. The fourth-order valence-corrected chi connectivity index (χ4v) is 2.37. The predicted octanol–water partition coefficient (Wildman–Crippen LogP) is 1.08. The molecule has 0 saturated carbocycles. The summed E-state index contributed by atoms with van der Waals surface area (Å²) < 4.78 is 5.69. The van der Waals surface area contributed by atoms with E-state index < -0.39 is 5.97 Å². The highest BCUT2D eigenvalue weighted by Gasteiger charge is 2.26. The Labute approximate surface area is 112 Å². The summed E-state index contributed by atoms with van der Waals surface area (Å²) in [6.45, 7) is 6.27. The number of carboxylic acids is 1. The van der Waals surface area contributed by atoms with E-state index in [4.69, 9.17) is 9.84 Å². The van der Waals surface area contributed by atoms with E-state index in [1.807, 2.05) is 0 Å². The van der Waals surface area contributed by atoms with Crippen molar-refractivity contribution in [1.82, 2.24) is 4.90 Å². The van der Waals surface area contributed by atoms with Gasteiger partial charge in [0.05, 0.1) is 17.6 Å². The van der Waals surface area contributed by atoms with Gasteiger partial charge in [0.2, 0.25) is 5.91 Å². The summed E-state index contributed by atoms with van der Waals surface area (Å²) >= 11 is 1.14. The van der Waals surface area contributed by atoms with Crippen LogP contribution < -0.4 is 0 Å². The summed E-state index contributed by atoms with van der Waals surface area (Å²) in [7, 11) is 0. The molecule has 1 rings (SSSR count). The Morgan fingerprint density at radius 2 is 2.17 bits per heavy atom. The third-order valence-electron chi connectivity index (χ3n) is 2.61. The van der Waals surface area contributed by atoms with Crippen LogP contribution in [-0.4, -0.2) is 59.2 Å². The second-order valence-electron chi connectivity index (χ2n) is 4.86. The lowest BCUT2D eigenvalue weighted by atomic mass is 10.2. The lowest BCUT2D eigenvalue weighted by Crippen LogP contribution is -2.32. The Morgan fingerprint density at radius 1 is 1.44 bits per heavy atom. The molecule has 6 heteroatoms. The minimum atomic E-state index is -0.882. The highest BCUT2D eigenvalue weighted by molar-refractivity contribution is 8.00. The molecule has 0 spiro atoms. The van der Waals surface area contributed by atoms with Gasteiger partial charge in [-0.2, -0.15) is 0 Å². The molecule has 1 atom stereocenters. The molecule has 0 bridgehead atoms. The van der Waals surface area contributed by atoms with Crippen LogP contribution in [0.15, 0.2) is 0 Å². The summed E-state index contributed by atoms with van der Waals surface area (Å²) in [5, 5.41) is 8.49. The largest absolute Gasteiger partial charge is 0.481 e. The first-order chi connectivity index (χ1) is 8.49. The van der Waals surface area contributed by atoms with Crippen molar-refractivity contribution in [3.63, 3.8) is 0 Å². The van der Waals surface area contributed by atoms with Gasteiger partial charge >= 0.3 is 5.97 Å². The molecule has 0 aliphatic carbocycles. The van der Waals surface area contributed by atoms with Gasteiger partial charge in [-0.15, -0.1) is 11.8 Å². The van der Waals surface area contributed by atoms with Crippen molar-refractivity contribution in [2.45, 2.75) is 26.4 Å². The van der Waals surface area contributed by atoms with E-state index in [1.54, 1.807) is 4.90 Å². The molecule has 1 amide bonds. The number of carbonyl (C=O) groups is 2. The molecule has 1 N–H and O–H groups in total. The molecule has 0 radical (unpaired) electrons. The van der Waals surface area contributed by atoms with Gasteiger partial charge in [-0.05, 0) is 12.3 Å². The van der Waals surface area contributed by atoms with Crippen LogP contribution in [0.5, 0.6) is 0 Å². The van der Waals surface area contributed by atoms with E-state index in [1.165, 1.54) is 0 Å². The zero-order valence-corrected chi connectivity index (χ0v) is 11.7. The van der Waals surface area contributed by atoms with E-state index >= 15 is 0 Å². The van der Waals surface area contributed by atoms with E-state index in [0.29, 0.717) is 12.5 Å². The number of thioether (sulfide) groups is 1. The minimum Gasteiger partial charge on any atom is -0.481 e. The van der Waals surface area contributed by atoms with Gasteiger partial charge in [0.1, 0.15) is 0 Å². The van der Waals surface area contributed by atoms with Crippen LogP contribution >= 0.6 is 11.8 Å². The van der Waals surface area contributed by atoms with Gasteiger partial charge in [-0.1, -0.05) is 13.8 Å². The molecule has 1 saturated heterocycles. The van der Waals surface area contributed by atoms with Crippen LogP contribution in [0.25, 0.3) is 0 Å². The van der Waals surface area contributed by atoms with Gasteiger partial charge in [0, 0.05) is 19.7 Å². The summed E-state index contributed by atoms with van der Waals surface area (Å²) in [6, 6.07) is 0. The lowest BCUT2D eigenvalue weighted by Gasteiger charge is -2.17. The number of aliphatic carboxylic acids is 1. The average Bonchev–Trinajstić information content (AvgIpc) is 2.74. The second-order valence-corrected chi connectivity index (χ2v) is 5.85. The average molecular weight is 275 g/mol. The fraction of sp³-hybridized carbons (Fsp3) is 0.833. The number of hydrogen-bond donors (Lipinski definition) is 1. The van der Waals surface area contributed by atoms with Crippen LogP contribution in [-0.2, 0) is 14.3 Å². The van der Waals surface area contributed by atoms with Crippen molar-refractivity contribution < 1.29 is 19.4 Å². The molecule has 1 aliphatic rings. The van der Waals surface area contributed by atoms with E-state index in [0.717, 1.165) is 31.3 Å². The molecule has 1 heterocycles. The Bertz CT molecular complexity index is 296. The number of likely N-dealkylation sites (tertiary alicyclic amines) is 1. The normalized spacial score (nSPS) is 19.5. The summed E-state index contributed by atoms with van der Waals surface area (Å²) in [4.78, 5) is 23.9. The van der Waals surface area contributed by atoms with Crippen LogP contribution in [0.1, 0.15) is 20.3 Å². The monoisotopic (exact) mass is 275 g/mol. The third kappa shape index (κ3) is 5.73. The summed E-state index contributed by atoms with van der Waals surface area (Å²) in [5.74, 6) is -0.152. The summed E-state index contributed by atoms with van der Waals surface area (Å²) in [5.41, 5.74) is 0. The van der Waals surface area contributed by atoms with Gasteiger partial charge in [-0.25, -0.2) is 0 Å². The van der Waals surface area contributed by atoms with Crippen molar-refractivity contribution in [3.8, 4) is 0 Å². The number of carboxylic acid groups (broad SMARTS) is 1. The van der Waals surface area contributed by atoms with Crippen molar-refractivity contribution >= 4 is 23.6 Å². The van der Waals surface area contributed by atoms with Crippen LogP contribution in [0.4, 0.5) is 0 Å². The molecule has 0 aromatic rings. The molecule has 1 unspecified atom stereocenters. The number of ether oxygens (including phenoxy) is 1. The number of carbonyl (C=O) groups excluding carboxylic acids is 1. The van der Waals surface area contributed by atoms with Crippen molar-refractivity contribution in [2.24, 2.45) is 5.92 Å². The molecule has 18 heavy (non-hydrogen) atoms. The van der Waals surface area contributed by atoms with Crippen molar-refractivity contribution in [3.05, 3.63) is 0 Å². The Balaban J connectivity index is 2.20. The van der Waals surface area contributed by atoms with Gasteiger partial charge < -0.3 is 14.7 Å². The van der Waals surface area contributed by atoms with Gasteiger partial charge in [0.15, 0.2) is 0 Å². The van der Waals surface area contributed by atoms with Crippen molar-refractivity contribution in [1.29, 1.82) is 0 Å². The highest BCUT2D eigenvalue weighted by Crippen LogP contribution is 2.15. The zero-order valence-electron chi connectivity index (χ0n) is 10.9. The molecule has 1 fully saturated rings. The van der Waals surface area contributed by atoms with E-state index in [-0.39, 0.29) is 23.5 Å². The maximum Gasteiger partial charge on any atom is 0.313 e. The van der Waals surface area contributed by atoms with Crippen molar-refractivity contribution in [2.75, 3.05) is 31.2 Å². The number of nitrogens with zero attached hydrogens (tertiary/aromatic N) is 1. The quantitative estimate of drug-likeness (QED) is 0.753. The fourth-order valence-electron chi connectivity index (χ4n) is 1.74. The second kappa shape index (κ2) is 7.63. The smallest absolute Gasteiger partial charge is 0.313 e. The number of amides is 1. The molecule has 0 aromatic heterocycles. The third-order valence-corrected chi connectivity index (χ3v) is 3.52. The number of hydrogen-bond acceptors (Lipinski definition) is 4. The first-order valence-corrected chi connectivity index (χ1v) is 7.33. The van der Waals surface area contributed by atoms with Crippen LogP contribution in [0, 0.1) is 5.92 Å². The maximum atomic E-state index is 11.8. The van der Waals surface area contributed by atoms with Crippen LogP contribution in [0.3, 0.4) is 0 Å². The Morgan fingerprint density at radius 3 is 2.78 bits per heavy atom. The van der Waals surface area contributed by atoms with Gasteiger partial charge in [-0.3, -0.25) is 9.59 Å². The SMILES string of the molecule is CC(C)COC1CCN(C(=O)CSCC(=O)O)C1. The zero-order chi connectivity index (χ0) is 13.5. The maximum absolute atomic E-state index is 11.8. The standard InChI is InChI=1S/C12H21NO4S/c1-9(2)6-17-10-3-4-13(5-10)11(14)7-18-8-12(15)16/h9-10H,3-8H2,1-2H3,(H,15,16). The summed E-state index contributed by atoms with van der Waals surface area (Å²) in [6.07, 6.45) is 1.02. The Kier molecular flexibility index (Phi) is 6.49. The molecular formula is C12H21NO4S. The van der Waals surface area contributed by atoms with Gasteiger partial charge in [0.25, 0.3) is 0 Å². The molecular weight excluding hydrogens is 254 g/mol. The predicted molar refractivity (Wildman–Crippen MR) is 70.7 cm³/mol. The minimum absolute atomic E-state index is 0.0110. The van der Waals surface area contributed by atoms with E-state index in [2.05, 4.69) is 13.8 Å². The molecule has 0 aromatic carbocycles. The first kappa shape index (κ1) is 15.3. The van der Waals surface area contributed by atoms with Crippen LogP contribution in [0.2, 0.25) is 0 Å². The first-order valence-electron chi connectivity index (χ1n) is 6.18.